The molecule has 27 heavy (non-hydrogen) atoms. The summed E-state index contributed by atoms with van der Waals surface area (Å²) in [6.45, 7) is 2.84. The van der Waals surface area contributed by atoms with Crippen LogP contribution in [-0.2, 0) is 6.42 Å². The van der Waals surface area contributed by atoms with E-state index in [1.807, 2.05) is 4.90 Å². The monoisotopic (exact) mass is 365 g/mol. The van der Waals surface area contributed by atoms with Crippen molar-refractivity contribution in [3.05, 3.63) is 53.9 Å². The van der Waals surface area contributed by atoms with E-state index in [0.29, 0.717) is 29.6 Å². The first-order valence-electron chi connectivity index (χ1n) is 10.3. The normalized spacial score (nSPS) is 30.7. The smallest absolute Gasteiger partial charge is 0.276 e. The third kappa shape index (κ3) is 3.29. The van der Waals surface area contributed by atoms with E-state index in [1.54, 1.807) is 6.07 Å². The molecule has 3 aliphatic rings. The van der Waals surface area contributed by atoms with Gasteiger partial charge in [-0.3, -0.25) is 9.69 Å². The number of amides is 1. The third-order valence-electron chi connectivity index (χ3n) is 6.77. The van der Waals surface area contributed by atoms with Crippen LogP contribution in [0.3, 0.4) is 0 Å². The molecule has 0 N–H and O–H groups in total. The number of hydrogen-bond acceptors (Lipinski definition) is 4. The third-order valence-corrected chi connectivity index (χ3v) is 6.77. The van der Waals surface area contributed by atoms with Gasteiger partial charge in [0.1, 0.15) is 6.26 Å². The predicted octanol–water partition coefficient (Wildman–Crippen LogP) is 3.23. The van der Waals surface area contributed by atoms with Crippen LogP contribution in [0.25, 0.3) is 0 Å². The quantitative estimate of drug-likeness (QED) is 0.838. The lowest BCUT2D eigenvalue weighted by atomic mass is 9.74. The van der Waals surface area contributed by atoms with Gasteiger partial charge in [0.15, 0.2) is 5.69 Å². The van der Waals surface area contributed by atoms with Crippen molar-refractivity contribution in [3.8, 4) is 0 Å². The van der Waals surface area contributed by atoms with Crippen molar-refractivity contribution >= 4 is 5.91 Å². The topological polar surface area (TPSA) is 49.6 Å². The van der Waals surface area contributed by atoms with Crippen molar-refractivity contribution in [2.75, 3.05) is 19.6 Å². The number of benzene rings is 1. The Morgan fingerprint density at radius 3 is 2.81 bits per heavy atom. The first-order valence-corrected chi connectivity index (χ1v) is 10.3. The minimum Gasteiger partial charge on any atom is -0.364 e. The average Bonchev–Trinajstić information content (AvgIpc) is 3.23. The maximum atomic E-state index is 12.7. The van der Waals surface area contributed by atoms with Crippen LogP contribution in [-0.4, -0.2) is 52.6 Å². The summed E-state index contributed by atoms with van der Waals surface area (Å²) in [5, 5.41) is 3.85. The fourth-order valence-corrected chi connectivity index (χ4v) is 5.67. The highest BCUT2D eigenvalue weighted by Crippen LogP contribution is 2.40. The lowest BCUT2D eigenvalue weighted by Crippen LogP contribution is -2.62. The van der Waals surface area contributed by atoms with Gasteiger partial charge in [0, 0.05) is 37.8 Å². The highest BCUT2D eigenvalue weighted by atomic mass is 16.5. The first-order chi connectivity index (χ1) is 13.3. The number of nitrogens with zero attached hydrogens (tertiary/aromatic N) is 3. The van der Waals surface area contributed by atoms with Gasteiger partial charge in [0.25, 0.3) is 5.91 Å². The minimum atomic E-state index is 0.0311. The summed E-state index contributed by atoms with van der Waals surface area (Å²) in [5.74, 6) is 1.20. The molecule has 1 aromatic heterocycles. The molecule has 2 bridgehead atoms. The average molecular weight is 365 g/mol. The van der Waals surface area contributed by atoms with Gasteiger partial charge in [-0.05, 0) is 43.1 Å². The Kier molecular flexibility index (Phi) is 4.48. The molecule has 1 aromatic carbocycles. The molecule has 0 radical (unpaired) electrons. The van der Waals surface area contributed by atoms with Crippen molar-refractivity contribution in [1.29, 1.82) is 0 Å². The Bertz CT molecular complexity index is 776. The molecule has 3 fully saturated rings. The van der Waals surface area contributed by atoms with Crippen LogP contribution in [0.15, 0.2) is 47.2 Å². The molecule has 3 aliphatic heterocycles. The zero-order valence-corrected chi connectivity index (χ0v) is 15.7. The maximum absolute atomic E-state index is 12.7. The number of likely N-dealkylation sites (tertiary alicyclic amines) is 1. The summed E-state index contributed by atoms with van der Waals surface area (Å²) in [5.41, 5.74) is 1.89. The van der Waals surface area contributed by atoms with Gasteiger partial charge in [-0.2, -0.15) is 0 Å². The van der Waals surface area contributed by atoms with E-state index in [1.165, 1.54) is 37.5 Å². The molecule has 0 unspecified atom stereocenters. The largest absolute Gasteiger partial charge is 0.364 e. The number of fused-ring (bicyclic) bond motifs is 4. The standard InChI is InChI=1S/C22H27N3O2/c26-22(20-9-10-27-23-20)24-13-17-11-18(15-24)21-8-4-7-19(25(21)14-17)12-16-5-2-1-3-6-16/h1-3,5-6,9-10,17-19,21H,4,7-8,11-15H2/t17-,18+,19+,21-/m0/s1. The Hall–Kier alpha value is -2.14. The van der Waals surface area contributed by atoms with Crippen molar-refractivity contribution in [2.45, 2.75) is 44.2 Å². The van der Waals surface area contributed by atoms with E-state index < -0.39 is 0 Å². The van der Waals surface area contributed by atoms with Gasteiger partial charge in [0.05, 0.1) is 0 Å². The van der Waals surface area contributed by atoms with Crippen LogP contribution in [0.4, 0.5) is 0 Å². The van der Waals surface area contributed by atoms with Crippen LogP contribution in [0.2, 0.25) is 0 Å². The fraction of sp³-hybridized carbons (Fsp3) is 0.545. The zero-order valence-electron chi connectivity index (χ0n) is 15.7. The van der Waals surface area contributed by atoms with Crippen LogP contribution in [0.5, 0.6) is 0 Å². The Morgan fingerprint density at radius 2 is 2.00 bits per heavy atom. The summed E-state index contributed by atoms with van der Waals surface area (Å²) in [6.07, 6.45) is 7.77. The molecule has 4 atom stereocenters. The number of carbonyl (C=O) groups is 1. The lowest BCUT2D eigenvalue weighted by molar-refractivity contribution is -0.0500. The van der Waals surface area contributed by atoms with Gasteiger partial charge in [-0.1, -0.05) is 41.9 Å². The molecule has 1 amide bonds. The zero-order chi connectivity index (χ0) is 18.2. The Balaban J connectivity index is 1.31. The summed E-state index contributed by atoms with van der Waals surface area (Å²) in [6, 6.07) is 13.8. The highest BCUT2D eigenvalue weighted by molar-refractivity contribution is 5.92. The lowest BCUT2D eigenvalue weighted by Gasteiger charge is -2.55. The van der Waals surface area contributed by atoms with Gasteiger partial charge in [-0.25, -0.2) is 0 Å². The van der Waals surface area contributed by atoms with E-state index in [4.69, 9.17) is 4.52 Å². The number of piperidine rings is 3. The molecule has 0 spiro atoms. The second-order valence-corrected chi connectivity index (χ2v) is 8.50. The SMILES string of the molecule is O=C(c1ccon1)N1C[C@@H]2C[C@H](C1)[C@@H]1CCC[C@H](Cc3ccccc3)N1C2. The predicted molar refractivity (Wildman–Crippen MR) is 102 cm³/mol. The molecule has 5 nitrogen and oxygen atoms in total. The summed E-state index contributed by atoms with van der Waals surface area (Å²) < 4.78 is 4.87. The number of hydrogen-bond donors (Lipinski definition) is 0. The van der Waals surface area contributed by atoms with Crippen LogP contribution < -0.4 is 0 Å². The molecule has 4 heterocycles. The maximum Gasteiger partial charge on any atom is 0.276 e. The first kappa shape index (κ1) is 17.0. The molecule has 2 aromatic rings. The van der Waals surface area contributed by atoms with Gasteiger partial charge >= 0.3 is 0 Å². The summed E-state index contributed by atoms with van der Waals surface area (Å²) in [4.78, 5) is 17.6. The van der Waals surface area contributed by atoms with Crippen LogP contribution in [0.1, 0.15) is 41.7 Å². The molecule has 0 aliphatic carbocycles. The minimum absolute atomic E-state index is 0.0311. The molecular formula is C22H27N3O2. The van der Waals surface area contributed by atoms with Crippen molar-refractivity contribution in [2.24, 2.45) is 11.8 Å². The van der Waals surface area contributed by atoms with E-state index in [-0.39, 0.29) is 5.91 Å². The second kappa shape index (κ2) is 7.12. The summed E-state index contributed by atoms with van der Waals surface area (Å²) >= 11 is 0. The molecule has 142 valence electrons. The van der Waals surface area contributed by atoms with E-state index in [2.05, 4.69) is 40.4 Å². The second-order valence-electron chi connectivity index (χ2n) is 8.50. The molecule has 0 saturated carbocycles. The number of rotatable bonds is 3. The number of carbonyl (C=O) groups excluding carboxylic acids is 1. The van der Waals surface area contributed by atoms with Gasteiger partial charge in [-0.15, -0.1) is 0 Å². The number of aromatic nitrogens is 1. The fourth-order valence-electron chi connectivity index (χ4n) is 5.67. The molecule has 5 heteroatoms. The van der Waals surface area contributed by atoms with Gasteiger partial charge < -0.3 is 9.42 Å². The molecule has 3 saturated heterocycles. The molecule has 5 rings (SSSR count). The van der Waals surface area contributed by atoms with Crippen molar-refractivity contribution in [1.82, 2.24) is 15.0 Å². The van der Waals surface area contributed by atoms with E-state index >= 15 is 0 Å². The van der Waals surface area contributed by atoms with Crippen molar-refractivity contribution < 1.29 is 9.32 Å². The van der Waals surface area contributed by atoms with Crippen molar-refractivity contribution in [3.63, 3.8) is 0 Å². The van der Waals surface area contributed by atoms with Crippen LogP contribution in [0, 0.1) is 11.8 Å². The van der Waals surface area contributed by atoms with E-state index in [0.717, 1.165) is 26.1 Å². The van der Waals surface area contributed by atoms with E-state index in [9.17, 15) is 4.79 Å². The van der Waals surface area contributed by atoms with Crippen LogP contribution >= 0.6 is 0 Å². The van der Waals surface area contributed by atoms with Gasteiger partial charge in [0.2, 0.25) is 0 Å². The Morgan fingerprint density at radius 1 is 1.11 bits per heavy atom. The Labute approximate surface area is 160 Å². The summed E-state index contributed by atoms with van der Waals surface area (Å²) in [7, 11) is 0. The highest BCUT2D eigenvalue weighted by Gasteiger charge is 2.45. The molecular weight excluding hydrogens is 338 g/mol.